The molecule has 0 bridgehead atoms. The van der Waals surface area contributed by atoms with Crippen molar-refractivity contribution in [3.63, 3.8) is 0 Å². The molecule has 0 radical (unpaired) electrons. The van der Waals surface area contributed by atoms with Crippen molar-refractivity contribution in [1.29, 1.82) is 0 Å². The van der Waals surface area contributed by atoms with Crippen molar-refractivity contribution in [3.05, 3.63) is 29.8 Å². The molecule has 1 rings (SSSR count). The molecule has 118 valence electrons. The Bertz CT molecular complexity index is 463. The molecule has 0 aliphatic rings. The topological polar surface area (TPSA) is 78.8 Å². The Morgan fingerprint density at radius 1 is 1.48 bits per heavy atom. The zero-order valence-electron chi connectivity index (χ0n) is 12.9. The normalized spacial score (nSPS) is 15.2. The fraction of sp³-hybridized carbons (Fsp3) is 0.562. The molecule has 0 aliphatic heterocycles. The lowest BCUT2D eigenvalue weighted by Crippen LogP contribution is -2.52. The first-order valence-electron chi connectivity index (χ1n) is 7.26. The summed E-state index contributed by atoms with van der Waals surface area (Å²) in [4.78, 5) is 11.5. The van der Waals surface area contributed by atoms with Gasteiger partial charge in [0, 0.05) is 6.42 Å². The second kappa shape index (κ2) is 8.00. The number of benzene rings is 1. The Kier molecular flexibility index (Phi) is 6.65. The fourth-order valence-electron chi connectivity index (χ4n) is 2.20. The molecule has 0 aliphatic carbocycles. The van der Waals surface area contributed by atoms with Crippen LogP contribution in [-0.2, 0) is 11.4 Å². The molecule has 5 nitrogen and oxygen atoms in total. The second-order valence-electron chi connectivity index (χ2n) is 5.50. The summed E-state index contributed by atoms with van der Waals surface area (Å²) in [7, 11) is 0. The lowest BCUT2D eigenvalue weighted by molar-refractivity contribution is -0.145. The van der Waals surface area contributed by atoms with Crippen molar-refractivity contribution < 1.29 is 19.7 Å². The summed E-state index contributed by atoms with van der Waals surface area (Å²) in [5.74, 6) is -0.243. The molecule has 0 amide bonds. The van der Waals surface area contributed by atoms with Gasteiger partial charge in [-0.1, -0.05) is 19.1 Å². The first kappa shape index (κ1) is 17.5. The molecular formula is C16H25NO4. The maximum absolute atomic E-state index is 11.5. The number of carboxylic acids is 1. The molecule has 3 N–H and O–H groups in total. The summed E-state index contributed by atoms with van der Waals surface area (Å²) >= 11 is 0. The lowest BCUT2D eigenvalue weighted by Gasteiger charge is -2.29. The van der Waals surface area contributed by atoms with Crippen molar-refractivity contribution in [2.45, 2.75) is 51.9 Å². The second-order valence-corrected chi connectivity index (χ2v) is 5.50. The molecule has 5 heteroatoms. The number of ether oxygens (including phenoxy) is 1. The van der Waals surface area contributed by atoms with Crippen LogP contribution >= 0.6 is 0 Å². The SMILES string of the molecule is CCCNC(C)(CC(C)Oc1cccc(CO)c1)C(=O)O. The van der Waals surface area contributed by atoms with E-state index in [4.69, 9.17) is 9.84 Å². The number of aliphatic hydroxyl groups is 1. The molecule has 21 heavy (non-hydrogen) atoms. The maximum atomic E-state index is 11.5. The number of aliphatic hydroxyl groups excluding tert-OH is 1. The highest BCUT2D eigenvalue weighted by molar-refractivity contribution is 5.78. The van der Waals surface area contributed by atoms with E-state index in [1.54, 1.807) is 25.1 Å². The van der Waals surface area contributed by atoms with Crippen molar-refractivity contribution >= 4 is 5.97 Å². The minimum Gasteiger partial charge on any atom is -0.491 e. The molecule has 1 aromatic rings. The predicted octanol–water partition coefficient (Wildman–Crippen LogP) is 2.18. The molecule has 0 spiro atoms. The summed E-state index contributed by atoms with van der Waals surface area (Å²) in [5, 5.41) is 21.6. The van der Waals surface area contributed by atoms with Gasteiger partial charge in [0.25, 0.3) is 0 Å². The highest BCUT2D eigenvalue weighted by atomic mass is 16.5. The van der Waals surface area contributed by atoms with E-state index in [2.05, 4.69) is 5.32 Å². The van der Waals surface area contributed by atoms with Gasteiger partial charge in [0.2, 0.25) is 0 Å². The molecule has 0 fully saturated rings. The molecular weight excluding hydrogens is 270 g/mol. The van der Waals surface area contributed by atoms with E-state index in [1.165, 1.54) is 0 Å². The number of hydrogen-bond donors (Lipinski definition) is 3. The third-order valence-electron chi connectivity index (χ3n) is 3.35. The summed E-state index contributed by atoms with van der Waals surface area (Å²) in [6, 6.07) is 7.17. The zero-order valence-corrected chi connectivity index (χ0v) is 12.9. The Morgan fingerprint density at radius 2 is 2.19 bits per heavy atom. The van der Waals surface area contributed by atoms with E-state index >= 15 is 0 Å². The third kappa shape index (κ3) is 5.36. The van der Waals surface area contributed by atoms with E-state index in [-0.39, 0.29) is 12.7 Å². The fourth-order valence-corrected chi connectivity index (χ4v) is 2.20. The van der Waals surface area contributed by atoms with Crippen LogP contribution in [0.5, 0.6) is 5.75 Å². The summed E-state index contributed by atoms with van der Waals surface area (Å²) in [6.45, 7) is 6.12. The number of rotatable bonds is 9. The van der Waals surface area contributed by atoms with Crippen LogP contribution in [0.3, 0.4) is 0 Å². The minimum absolute atomic E-state index is 0.0452. The maximum Gasteiger partial charge on any atom is 0.323 e. The van der Waals surface area contributed by atoms with Crippen LogP contribution in [-0.4, -0.2) is 34.4 Å². The molecule has 2 unspecified atom stereocenters. The minimum atomic E-state index is -1.01. The predicted molar refractivity (Wildman–Crippen MR) is 81.4 cm³/mol. The van der Waals surface area contributed by atoms with Crippen LogP contribution in [0.1, 0.15) is 39.2 Å². The number of carboxylic acid groups (broad SMARTS) is 1. The Balaban J connectivity index is 2.68. The van der Waals surface area contributed by atoms with Gasteiger partial charge < -0.3 is 20.3 Å². The zero-order chi connectivity index (χ0) is 15.9. The van der Waals surface area contributed by atoms with Gasteiger partial charge in [-0.05, 0) is 44.5 Å². The highest BCUT2D eigenvalue weighted by Crippen LogP contribution is 2.20. The van der Waals surface area contributed by atoms with Gasteiger partial charge in [-0.25, -0.2) is 0 Å². The Labute approximate surface area is 125 Å². The van der Waals surface area contributed by atoms with E-state index in [1.807, 2.05) is 19.9 Å². The first-order chi connectivity index (χ1) is 9.91. The van der Waals surface area contributed by atoms with E-state index in [9.17, 15) is 9.90 Å². The van der Waals surface area contributed by atoms with Crippen molar-refractivity contribution in [3.8, 4) is 5.75 Å². The van der Waals surface area contributed by atoms with Gasteiger partial charge in [0.1, 0.15) is 11.3 Å². The van der Waals surface area contributed by atoms with Crippen LogP contribution in [0.2, 0.25) is 0 Å². The third-order valence-corrected chi connectivity index (χ3v) is 3.35. The van der Waals surface area contributed by atoms with E-state index in [0.717, 1.165) is 12.0 Å². The summed E-state index contributed by atoms with van der Waals surface area (Å²) in [5.41, 5.74) is -0.242. The molecule has 2 atom stereocenters. The highest BCUT2D eigenvalue weighted by Gasteiger charge is 2.34. The standard InChI is InChI=1S/C16H25NO4/c1-4-8-17-16(3,15(19)20)10-12(2)21-14-7-5-6-13(9-14)11-18/h5-7,9,12,17-18H,4,8,10-11H2,1-3H3,(H,19,20). The first-order valence-corrected chi connectivity index (χ1v) is 7.26. The van der Waals surface area contributed by atoms with Crippen LogP contribution in [0.15, 0.2) is 24.3 Å². The monoisotopic (exact) mass is 295 g/mol. The molecule has 0 heterocycles. The van der Waals surface area contributed by atoms with Crippen LogP contribution < -0.4 is 10.1 Å². The quantitative estimate of drug-likeness (QED) is 0.651. The number of nitrogens with one attached hydrogen (secondary N) is 1. The van der Waals surface area contributed by atoms with Gasteiger partial charge in [-0.2, -0.15) is 0 Å². The summed E-state index contributed by atoms with van der Waals surface area (Å²) in [6.07, 6.45) is 0.965. The van der Waals surface area contributed by atoms with E-state index < -0.39 is 11.5 Å². The van der Waals surface area contributed by atoms with Gasteiger partial charge in [-0.3, -0.25) is 4.79 Å². The summed E-state index contributed by atoms with van der Waals surface area (Å²) < 4.78 is 5.77. The van der Waals surface area contributed by atoms with Crippen LogP contribution in [0.4, 0.5) is 0 Å². The lowest BCUT2D eigenvalue weighted by atomic mass is 9.94. The van der Waals surface area contributed by atoms with Crippen molar-refractivity contribution in [1.82, 2.24) is 5.32 Å². The number of hydrogen-bond acceptors (Lipinski definition) is 4. The van der Waals surface area contributed by atoms with Gasteiger partial charge >= 0.3 is 5.97 Å². The Hall–Kier alpha value is -1.59. The average molecular weight is 295 g/mol. The molecule has 1 aromatic carbocycles. The number of carbonyl (C=O) groups is 1. The number of aliphatic carboxylic acids is 1. The smallest absolute Gasteiger partial charge is 0.323 e. The van der Waals surface area contributed by atoms with Crippen LogP contribution in [0, 0.1) is 0 Å². The van der Waals surface area contributed by atoms with Gasteiger partial charge in [-0.15, -0.1) is 0 Å². The van der Waals surface area contributed by atoms with Gasteiger partial charge in [0.05, 0.1) is 12.7 Å². The molecule has 0 saturated heterocycles. The Morgan fingerprint density at radius 3 is 2.76 bits per heavy atom. The van der Waals surface area contributed by atoms with Gasteiger partial charge in [0.15, 0.2) is 0 Å². The van der Waals surface area contributed by atoms with Crippen LogP contribution in [0.25, 0.3) is 0 Å². The van der Waals surface area contributed by atoms with Crippen molar-refractivity contribution in [2.24, 2.45) is 0 Å². The average Bonchev–Trinajstić information content (AvgIpc) is 2.45. The largest absolute Gasteiger partial charge is 0.491 e. The van der Waals surface area contributed by atoms with E-state index in [0.29, 0.717) is 18.7 Å². The van der Waals surface area contributed by atoms with Crippen molar-refractivity contribution in [2.75, 3.05) is 6.54 Å². The molecule has 0 aromatic heterocycles. The molecule has 0 saturated carbocycles.